The molecule has 0 aliphatic heterocycles. The van der Waals surface area contributed by atoms with E-state index in [4.69, 9.17) is 21.1 Å². The first-order valence-corrected chi connectivity index (χ1v) is 11.0. The zero-order valence-electron chi connectivity index (χ0n) is 17.7. The lowest BCUT2D eigenvalue weighted by molar-refractivity contribution is 0.0519. The van der Waals surface area contributed by atoms with Gasteiger partial charge in [0.05, 0.1) is 12.3 Å². The van der Waals surface area contributed by atoms with Crippen LogP contribution >= 0.6 is 11.6 Å². The second-order valence-electron chi connectivity index (χ2n) is 7.46. The lowest BCUT2D eigenvalue weighted by Crippen LogP contribution is -2.08. The number of nitrogens with zero attached hydrogens (tertiary/aromatic N) is 1. The first-order valence-electron chi connectivity index (χ1n) is 10.6. The summed E-state index contributed by atoms with van der Waals surface area (Å²) in [6.45, 7) is 2.17. The molecule has 6 heteroatoms. The molecule has 0 N–H and O–H groups in total. The van der Waals surface area contributed by atoms with Gasteiger partial charge in [-0.05, 0) is 73.7 Å². The summed E-state index contributed by atoms with van der Waals surface area (Å²) in [6, 6.07) is 17.4. The van der Waals surface area contributed by atoms with Crippen LogP contribution in [0, 0.1) is 5.82 Å². The van der Waals surface area contributed by atoms with Crippen LogP contribution in [0.3, 0.4) is 0 Å². The number of aromatic nitrogens is 1. The van der Waals surface area contributed by atoms with Crippen molar-refractivity contribution in [2.75, 3.05) is 6.61 Å². The largest absolute Gasteiger partial charge is 0.488 e. The van der Waals surface area contributed by atoms with Crippen LogP contribution in [0.25, 0.3) is 11.1 Å². The Morgan fingerprint density at radius 3 is 2.69 bits per heavy atom. The van der Waals surface area contributed by atoms with Crippen LogP contribution in [0.4, 0.5) is 4.39 Å². The molecule has 0 atom stereocenters. The molecule has 0 unspecified atom stereocenters. The van der Waals surface area contributed by atoms with Crippen LogP contribution in [-0.2, 0) is 11.3 Å². The van der Waals surface area contributed by atoms with E-state index in [0.717, 1.165) is 41.7 Å². The maximum atomic E-state index is 14.0. The maximum Gasteiger partial charge on any atom is 0.356 e. The SMILES string of the molecule is CCOC(=O)c1cccc(C2=C(c3cc(Cl)ccc3OCc3ccccc3F)CCC2)n1. The van der Waals surface area contributed by atoms with Gasteiger partial charge in [0.15, 0.2) is 0 Å². The average Bonchev–Trinajstić information content (AvgIpc) is 3.29. The fourth-order valence-corrected chi connectivity index (χ4v) is 4.05. The van der Waals surface area contributed by atoms with Crippen molar-refractivity contribution in [3.05, 3.63) is 94.0 Å². The van der Waals surface area contributed by atoms with Crippen LogP contribution in [0.2, 0.25) is 5.02 Å². The van der Waals surface area contributed by atoms with E-state index in [1.807, 2.05) is 24.3 Å². The lowest BCUT2D eigenvalue weighted by atomic mass is 9.99. The summed E-state index contributed by atoms with van der Waals surface area (Å²) >= 11 is 6.32. The van der Waals surface area contributed by atoms with Crippen molar-refractivity contribution in [2.45, 2.75) is 32.8 Å². The summed E-state index contributed by atoms with van der Waals surface area (Å²) in [7, 11) is 0. The number of pyridine rings is 1. The average molecular weight is 452 g/mol. The van der Waals surface area contributed by atoms with E-state index in [9.17, 15) is 9.18 Å². The molecule has 1 aliphatic rings. The van der Waals surface area contributed by atoms with Crippen LogP contribution < -0.4 is 4.74 Å². The zero-order chi connectivity index (χ0) is 22.5. The van der Waals surface area contributed by atoms with Gasteiger partial charge in [-0.15, -0.1) is 0 Å². The predicted octanol–water partition coefficient (Wildman–Crippen LogP) is 6.72. The smallest absolute Gasteiger partial charge is 0.356 e. The van der Waals surface area contributed by atoms with Gasteiger partial charge in [-0.1, -0.05) is 35.9 Å². The van der Waals surface area contributed by atoms with Crippen LogP contribution in [-0.4, -0.2) is 17.6 Å². The van der Waals surface area contributed by atoms with Crippen molar-refractivity contribution >= 4 is 28.7 Å². The number of ether oxygens (including phenoxy) is 2. The molecule has 0 saturated carbocycles. The van der Waals surface area contributed by atoms with E-state index in [1.165, 1.54) is 6.07 Å². The third-order valence-corrected chi connectivity index (χ3v) is 5.60. The topological polar surface area (TPSA) is 48.4 Å². The number of hydrogen-bond donors (Lipinski definition) is 0. The van der Waals surface area contributed by atoms with Crippen molar-refractivity contribution in [2.24, 2.45) is 0 Å². The van der Waals surface area contributed by atoms with Crippen molar-refractivity contribution in [1.29, 1.82) is 0 Å². The molecule has 164 valence electrons. The Balaban J connectivity index is 1.70. The van der Waals surface area contributed by atoms with E-state index >= 15 is 0 Å². The Labute approximate surface area is 191 Å². The number of rotatable bonds is 7. The van der Waals surface area contributed by atoms with Gasteiger partial charge in [0.25, 0.3) is 0 Å². The molecule has 0 bridgehead atoms. The number of allylic oxidation sites excluding steroid dienone is 2. The van der Waals surface area contributed by atoms with E-state index in [-0.39, 0.29) is 18.1 Å². The molecule has 1 heterocycles. The zero-order valence-corrected chi connectivity index (χ0v) is 18.5. The number of hydrogen-bond acceptors (Lipinski definition) is 4. The molecule has 0 saturated heterocycles. The molecule has 1 aromatic heterocycles. The molecule has 3 aromatic rings. The third-order valence-electron chi connectivity index (χ3n) is 5.37. The molecular formula is C26H23ClFNO3. The minimum Gasteiger partial charge on any atom is -0.488 e. The van der Waals surface area contributed by atoms with Gasteiger partial charge in [0.2, 0.25) is 0 Å². The minimum atomic E-state index is -0.439. The number of benzene rings is 2. The van der Waals surface area contributed by atoms with E-state index < -0.39 is 5.97 Å². The fourth-order valence-electron chi connectivity index (χ4n) is 3.88. The van der Waals surface area contributed by atoms with Gasteiger partial charge in [0, 0.05) is 16.1 Å². The highest BCUT2D eigenvalue weighted by Gasteiger charge is 2.23. The Morgan fingerprint density at radius 2 is 1.88 bits per heavy atom. The van der Waals surface area contributed by atoms with Crippen molar-refractivity contribution < 1.29 is 18.7 Å². The number of halogens is 2. The van der Waals surface area contributed by atoms with E-state index in [1.54, 1.807) is 37.3 Å². The number of carbonyl (C=O) groups is 1. The number of carbonyl (C=O) groups excluding carboxylic acids is 1. The monoisotopic (exact) mass is 451 g/mol. The maximum absolute atomic E-state index is 14.0. The van der Waals surface area contributed by atoms with Gasteiger partial charge in [-0.2, -0.15) is 0 Å². The summed E-state index contributed by atoms with van der Waals surface area (Å²) in [4.78, 5) is 16.7. The van der Waals surface area contributed by atoms with Gasteiger partial charge in [-0.25, -0.2) is 14.2 Å². The van der Waals surface area contributed by atoms with Crippen LogP contribution in [0.1, 0.15) is 53.5 Å². The summed E-state index contributed by atoms with van der Waals surface area (Å²) in [5.74, 6) is -0.108. The molecular weight excluding hydrogens is 429 g/mol. The molecule has 2 aromatic carbocycles. The van der Waals surface area contributed by atoms with Gasteiger partial charge in [-0.3, -0.25) is 0 Å². The minimum absolute atomic E-state index is 0.112. The summed E-state index contributed by atoms with van der Waals surface area (Å²) in [5.41, 5.74) is 4.49. The first kappa shape index (κ1) is 22.0. The predicted molar refractivity (Wildman–Crippen MR) is 123 cm³/mol. The Kier molecular flexibility index (Phi) is 6.86. The molecule has 0 amide bonds. The van der Waals surface area contributed by atoms with Gasteiger partial charge < -0.3 is 9.47 Å². The van der Waals surface area contributed by atoms with E-state index in [0.29, 0.717) is 22.9 Å². The van der Waals surface area contributed by atoms with Gasteiger partial charge >= 0.3 is 5.97 Å². The van der Waals surface area contributed by atoms with Crippen LogP contribution in [0.15, 0.2) is 60.7 Å². The molecule has 0 fully saturated rings. The highest BCUT2D eigenvalue weighted by atomic mass is 35.5. The fraction of sp³-hybridized carbons (Fsp3) is 0.231. The second kappa shape index (κ2) is 9.96. The lowest BCUT2D eigenvalue weighted by Gasteiger charge is -2.15. The van der Waals surface area contributed by atoms with Crippen molar-refractivity contribution in [3.63, 3.8) is 0 Å². The van der Waals surface area contributed by atoms with Crippen molar-refractivity contribution in [3.8, 4) is 5.75 Å². The Morgan fingerprint density at radius 1 is 1.06 bits per heavy atom. The third kappa shape index (κ3) is 4.83. The normalized spacial score (nSPS) is 13.3. The summed E-state index contributed by atoms with van der Waals surface area (Å²) in [5, 5.41) is 0.588. The number of esters is 1. The van der Waals surface area contributed by atoms with E-state index in [2.05, 4.69) is 4.98 Å². The Bertz CT molecular complexity index is 1180. The quantitative estimate of drug-likeness (QED) is 0.374. The standard InChI is InChI=1S/C26H23ClFNO3/c1-2-31-26(30)24-12-6-11-23(29-24)20-9-5-8-19(20)21-15-18(27)13-14-25(21)32-16-17-7-3-4-10-22(17)28/h3-4,6-7,10-15H,2,5,8-9,16H2,1H3. The molecule has 0 spiro atoms. The van der Waals surface area contributed by atoms with Crippen LogP contribution in [0.5, 0.6) is 5.75 Å². The molecule has 4 rings (SSSR count). The van der Waals surface area contributed by atoms with Crippen molar-refractivity contribution in [1.82, 2.24) is 4.98 Å². The first-order chi connectivity index (χ1) is 15.6. The second-order valence-corrected chi connectivity index (χ2v) is 7.90. The molecule has 0 radical (unpaired) electrons. The molecule has 1 aliphatic carbocycles. The molecule has 32 heavy (non-hydrogen) atoms. The highest BCUT2D eigenvalue weighted by molar-refractivity contribution is 6.30. The summed E-state index contributed by atoms with van der Waals surface area (Å²) < 4.78 is 25.2. The molecule has 4 nitrogen and oxygen atoms in total. The highest BCUT2D eigenvalue weighted by Crippen LogP contribution is 2.43. The Hall–Kier alpha value is -3.18. The van der Waals surface area contributed by atoms with Gasteiger partial charge in [0.1, 0.15) is 23.9 Å². The summed E-state index contributed by atoms with van der Waals surface area (Å²) in [6.07, 6.45) is 2.61.